The van der Waals surface area contributed by atoms with E-state index in [0.717, 1.165) is 5.56 Å². The van der Waals surface area contributed by atoms with Crippen LogP contribution in [-0.2, 0) is 6.54 Å². The summed E-state index contributed by atoms with van der Waals surface area (Å²) in [5.41, 5.74) is 1.25. The van der Waals surface area contributed by atoms with Crippen molar-refractivity contribution >= 4 is 0 Å². The van der Waals surface area contributed by atoms with E-state index in [1.807, 2.05) is 6.07 Å². The molecule has 0 aliphatic carbocycles. The third kappa shape index (κ3) is 3.93. The maximum Gasteiger partial charge on any atom is 0.282 e. The van der Waals surface area contributed by atoms with Crippen LogP contribution in [0.3, 0.4) is 0 Å². The molecular weight excluding hydrogens is 214 g/mol. The summed E-state index contributed by atoms with van der Waals surface area (Å²) in [6.45, 7) is -1.51. The Kier molecular flexibility index (Phi) is 4.35. The number of nitrogens with one attached hydrogen (secondary N) is 1. The lowest BCUT2D eigenvalue weighted by molar-refractivity contribution is -0.0477. The minimum atomic E-state index is -3.10. The van der Waals surface area contributed by atoms with Crippen molar-refractivity contribution in [3.8, 4) is 6.07 Å². The molecule has 16 heavy (non-hydrogen) atoms. The zero-order valence-corrected chi connectivity index (χ0v) is 8.58. The molecule has 0 saturated heterocycles. The molecule has 5 heteroatoms. The first-order chi connectivity index (χ1) is 7.57. The van der Waals surface area contributed by atoms with Gasteiger partial charge in [0.25, 0.3) is 5.92 Å². The topological polar surface area (TPSA) is 56.0 Å². The van der Waals surface area contributed by atoms with Gasteiger partial charge in [-0.15, -0.1) is 0 Å². The van der Waals surface area contributed by atoms with Crippen LogP contribution < -0.4 is 5.32 Å². The number of rotatable bonds is 5. The van der Waals surface area contributed by atoms with Crippen molar-refractivity contribution in [2.45, 2.75) is 12.5 Å². The molecule has 0 aliphatic rings. The van der Waals surface area contributed by atoms with Gasteiger partial charge in [0.05, 0.1) is 18.2 Å². The van der Waals surface area contributed by atoms with Crippen molar-refractivity contribution in [1.29, 1.82) is 5.26 Å². The van der Waals surface area contributed by atoms with Gasteiger partial charge in [0.2, 0.25) is 0 Å². The molecule has 3 nitrogen and oxygen atoms in total. The van der Waals surface area contributed by atoms with Crippen LogP contribution in [0.1, 0.15) is 11.1 Å². The minimum Gasteiger partial charge on any atom is -0.390 e. The molecule has 0 spiro atoms. The van der Waals surface area contributed by atoms with Crippen LogP contribution in [0.4, 0.5) is 8.78 Å². The van der Waals surface area contributed by atoms with Gasteiger partial charge in [-0.1, -0.05) is 12.1 Å². The summed E-state index contributed by atoms with van der Waals surface area (Å²) in [7, 11) is 0. The molecule has 0 heterocycles. The van der Waals surface area contributed by atoms with E-state index >= 15 is 0 Å². The van der Waals surface area contributed by atoms with Crippen LogP contribution in [0, 0.1) is 11.3 Å². The Balaban J connectivity index is 2.46. The molecule has 0 atom stereocenters. The minimum absolute atomic E-state index is 0.241. The molecule has 0 amide bonds. The molecule has 0 radical (unpaired) electrons. The quantitative estimate of drug-likeness (QED) is 0.795. The number of nitriles is 1. The van der Waals surface area contributed by atoms with Crippen molar-refractivity contribution in [2.75, 3.05) is 13.2 Å². The summed E-state index contributed by atoms with van der Waals surface area (Å²) >= 11 is 0. The van der Waals surface area contributed by atoms with Crippen molar-refractivity contribution < 1.29 is 13.9 Å². The van der Waals surface area contributed by atoms with Gasteiger partial charge in [0, 0.05) is 6.54 Å². The van der Waals surface area contributed by atoms with Crippen LogP contribution in [0.2, 0.25) is 0 Å². The lowest BCUT2D eigenvalue weighted by atomic mass is 10.1. The Morgan fingerprint density at radius 2 is 2.19 bits per heavy atom. The summed E-state index contributed by atoms with van der Waals surface area (Å²) in [6, 6.07) is 8.68. The zero-order chi connectivity index (χ0) is 12.0. The number of hydrogen-bond acceptors (Lipinski definition) is 3. The number of halogens is 2. The van der Waals surface area contributed by atoms with Gasteiger partial charge < -0.3 is 10.4 Å². The number of aliphatic hydroxyl groups excluding tert-OH is 1. The van der Waals surface area contributed by atoms with Crippen molar-refractivity contribution in [2.24, 2.45) is 0 Å². The predicted octanol–water partition coefficient (Wildman–Crippen LogP) is 1.28. The predicted molar refractivity (Wildman–Crippen MR) is 54.9 cm³/mol. The van der Waals surface area contributed by atoms with Crippen LogP contribution >= 0.6 is 0 Å². The molecule has 0 fully saturated rings. The van der Waals surface area contributed by atoms with Gasteiger partial charge in [0.15, 0.2) is 0 Å². The van der Waals surface area contributed by atoms with E-state index in [1.54, 1.807) is 24.3 Å². The fourth-order valence-corrected chi connectivity index (χ4v) is 1.20. The van der Waals surface area contributed by atoms with E-state index in [0.29, 0.717) is 5.56 Å². The Morgan fingerprint density at radius 1 is 1.44 bits per heavy atom. The smallest absolute Gasteiger partial charge is 0.282 e. The van der Waals surface area contributed by atoms with E-state index in [1.165, 1.54) is 0 Å². The second kappa shape index (κ2) is 5.54. The largest absolute Gasteiger partial charge is 0.390 e. The number of benzene rings is 1. The normalized spacial score (nSPS) is 11.1. The Morgan fingerprint density at radius 3 is 2.81 bits per heavy atom. The SMILES string of the molecule is N#Cc1cccc(CNCC(F)(F)CO)c1. The molecule has 0 bridgehead atoms. The number of aliphatic hydroxyl groups is 1. The van der Waals surface area contributed by atoms with Crippen LogP contribution in [0.15, 0.2) is 24.3 Å². The van der Waals surface area contributed by atoms with Gasteiger partial charge in [-0.05, 0) is 17.7 Å². The highest BCUT2D eigenvalue weighted by Crippen LogP contribution is 2.10. The fourth-order valence-electron chi connectivity index (χ4n) is 1.20. The molecule has 1 aromatic carbocycles. The monoisotopic (exact) mass is 226 g/mol. The van der Waals surface area contributed by atoms with Crippen molar-refractivity contribution in [1.82, 2.24) is 5.32 Å². The highest BCUT2D eigenvalue weighted by Gasteiger charge is 2.26. The molecule has 0 saturated carbocycles. The Hall–Kier alpha value is -1.51. The summed E-state index contributed by atoms with van der Waals surface area (Å²) in [5, 5.41) is 19.5. The maximum absolute atomic E-state index is 12.6. The first-order valence-electron chi connectivity index (χ1n) is 4.76. The van der Waals surface area contributed by atoms with Gasteiger partial charge >= 0.3 is 0 Å². The van der Waals surface area contributed by atoms with Crippen LogP contribution in [0.25, 0.3) is 0 Å². The first-order valence-corrected chi connectivity index (χ1v) is 4.76. The molecule has 86 valence electrons. The third-order valence-corrected chi connectivity index (χ3v) is 2.00. The molecule has 0 aliphatic heterocycles. The van der Waals surface area contributed by atoms with Gasteiger partial charge in [-0.3, -0.25) is 0 Å². The Labute approximate surface area is 92.3 Å². The van der Waals surface area contributed by atoms with E-state index < -0.39 is 19.1 Å². The standard InChI is InChI=1S/C11H12F2N2O/c12-11(13,8-16)7-15-6-10-3-1-2-9(4-10)5-14/h1-4,15-16H,6-8H2. The Bertz CT molecular complexity index is 388. The summed E-state index contributed by atoms with van der Waals surface area (Å²) in [6.07, 6.45) is 0. The lowest BCUT2D eigenvalue weighted by Gasteiger charge is -2.13. The van der Waals surface area contributed by atoms with E-state index in [4.69, 9.17) is 10.4 Å². The molecule has 1 rings (SSSR count). The third-order valence-electron chi connectivity index (χ3n) is 2.00. The average molecular weight is 226 g/mol. The summed E-state index contributed by atoms with van der Waals surface area (Å²) < 4.78 is 25.3. The molecule has 2 N–H and O–H groups in total. The van der Waals surface area contributed by atoms with E-state index in [2.05, 4.69) is 5.32 Å². The molecule has 0 unspecified atom stereocenters. The zero-order valence-electron chi connectivity index (χ0n) is 8.58. The fraction of sp³-hybridized carbons (Fsp3) is 0.364. The highest BCUT2D eigenvalue weighted by molar-refractivity contribution is 5.32. The van der Waals surface area contributed by atoms with Crippen LogP contribution in [-0.4, -0.2) is 24.2 Å². The lowest BCUT2D eigenvalue weighted by Crippen LogP contribution is -2.35. The van der Waals surface area contributed by atoms with Gasteiger partial charge in [-0.25, -0.2) is 8.78 Å². The van der Waals surface area contributed by atoms with Crippen molar-refractivity contribution in [3.05, 3.63) is 35.4 Å². The number of hydrogen-bond donors (Lipinski definition) is 2. The van der Waals surface area contributed by atoms with E-state index in [9.17, 15) is 8.78 Å². The summed E-state index contributed by atoms with van der Waals surface area (Å²) in [4.78, 5) is 0. The summed E-state index contributed by atoms with van der Waals surface area (Å²) in [5.74, 6) is -3.10. The number of alkyl halides is 2. The first kappa shape index (κ1) is 12.6. The average Bonchev–Trinajstić information content (AvgIpc) is 2.29. The molecular formula is C11H12F2N2O. The van der Waals surface area contributed by atoms with E-state index in [-0.39, 0.29) is 6.54 Å². The molecule has 1 aromatic rings. The number of nitrogens with zero attached hydrogens (tertiary/aromatic N) is 1. The second-order valence-electron chi connectivity index (χ2n) is 3.43. The highest BCUT2D eigenvalue weighted by atomic mass is 19.3. The maximum atomic E-state index is 12.6. The molecule has 0 aromatic heterocycles. The van der Waals surface area contributed by atoms with Crippen molar-refractivity contribution in [3.63, 3.8) is 0 Å². The van der Waals surface area contributed by atoms with Gasteiger partial charge in [0.1, 0.15) is 6.61 Å². The second-order valence-corrected chi connectivity index (χ2v) is 3.43. The van der Waals surface area contributed by atoms with Gasteiger partial charge in [-0.2, -0.15) is 5.26 Å². The van der Waals surface area contributed by atoms with Crippen LogP contribution in [0.5, 0.6) is 0 Å².